The summed E-state index contributed by atoms with van der Waals surface area (Å²) in [5, 5.41) is 0.0881. The fourth-order valence-electron chi connectivity index (χ4n) is 3.04. The number of aromatic nitrogens is 2. The van der Waals surface area contributed by atoms with Gasteiger partial charge in [0.05, 0.1) is 19.5 Å². The Morgan fingerprint density at radius 1 is 1.33 bits per heavy atom. The number of rotatable bonds is 3. The number of aryl methyl sites for hydroxylation is 1. The molecule has 0 amide bonds. The van der Waals surface area contributed by atoms with E-state index in [2.05, 4.69) is 9.88 Å². The van der Waals surface area contributed by atoms with Gasteiger partial charge in [-0.2, -0.15) is 4.31 Å². The van der Waals surface area contributed by atoms with Gasteiger partial charge in [-0.25, -0.2) is 13.4 Å². The average Bonchev–Trinajstić information content (AvgIpc) is 3.08. The van der Waals surface area contributed by atoms with Gasteiger partial charge in [-0.1, -0.05) is 0 Å². The summed E-state index contributed by atoms with van der Waals surface area (Å²) in [6, 6.07) is 0.262. The van der Waals surface area contributed by atoms with Crippen molar-refractivity contribution in [1.29, 1.82) is 0 Å². The normalized spacial score (nSPS) is 25.5. The van der Waals surface area contributed by atoms with E-state index in [1.807, 2.05) is 0 Å². The Labute approximate surface area is 124 Å². The second-order valence-corrected chi connectivity index (χ2v) is 7.35. The van der Waals surface area contributed by atoms with Gasteiger partial charge in [0.15, 0.2) is 10.8 Å². The van der Waals surface area contributed by atoms with Crippen molar-refractivity contribution in [2.45, 2.75) is 17.5 Å². The van der Waals surface area contributed by atoms with Gasteiger partial charge in [-0.05, 0) is 6.42 Å². The van der Waals surface area contributed by atoms with E-state index in [9.17, 15) is 8.42 Å². The van der Waals surface area contributed by atoms with Gasteiger partial charge < -0.3 is 15.0 Å². The maximum Gasteiger partial charge on any atom is 0.262 e. The van der Waals surface area contributed by atoms with Crippen LogP contribution in [0.2, 0.25) is 0 Å². The van der Waals surface area contributed by atoms with Crippen molar-refractivity contribution >= 4 is 15.8 Å². The largest absolute Gasteiger partial charge is 0.381 e. The molecule has 0 saturated carbocycles. The summed E-state index contributed by atoms with van der Waals surface area (Å²) in [4.78, 5) is 6.18. The SMILES string of the molecule is Cn1cnc(N)c1S(=O)(=O)N1CCC(N2CCOCC2)C1. The quantitative estimate of drug-likeness (QED) is 0.777. The first-order valence-electron chi connectivity index (χ1n) is 7.09. The number of nitrogens with two attached hydrogens (primary N) is 1. The molecule has 21 heavy (non-hydrogen) atoms. The third-order valence-corrected chi connectivity index (χ3v) is 6.18. The van der Waals surface area contributed by atoms with Gasteiger partial charge in [0.1, 0.15) is 0 Å². The lowest BCUT2D eigenvalue weighted by Crippen LogP contribution is -2.45. The predicted octanol–water partition coefficient (Wildman–Crippen LogP) is -0.902. The molecule has 2 aliphatic rings. The predicted molar refractivity (Wildman–Crippen MR) is 77.2 cm³/mol. The van der Waals surface area contributed by atoms with Gasteiger partial charge in [-0.3, -0.25) is 4.90 Å². The third-order valence-electron chi connectivity index (χ3n) is 4.18. The van der Waals surface area contributed by atoms with Crippen LogP contribution in [0.4, 0.5) is 5.82 Å². The Bertz CT molecular complexity index is 589. The van der Waals surface area contributed by atoms with Crippen molar-refractivity contribution in [1.82, 2.24) is 18.8 Å². The summed E-state index contributed by atoms with van der Waals surface area (Å²) in [6.45, 7) is 4.20. The maximum absolute atomic E-state index is 12.7. The topological polar surface area (TPSA) is 93.7 Å². The molecule has 8 nitrogen and oxygen atoms in total. The zero-order valence-corrected chi connectivity index (χ0v) is 12.9. The van der Waals surface area contributed by atoms with Crippen LogP contribution in [-0.2, 0) is 21.8 Å². The Hall–Kier alpha value is -1.16. The van der Waals surface area contributed by atoms with Crippen molar-refractivity contribution in [3.63, 3.8) is 0 Å². The Morgan fingerprint density at radius 2 is 2.05 bits per heavy atom. The van der Waals surface area contributed by atoms with E-state index < -0.39 is 10.0 Å². The van der Waals surface area contributed by atoms with Crippen LogP contribution in [0.5, 0.6) is 0 Å². The molecule has 1 atom stereocenters. The van der Waals surface area contributed by atoms with Crippen molar-refractivity contribution < 1.29 is 13.2 Å². The van der Waals surface area contributed by atoms with Gasteiger partial charge in [0.25, 0.3) is 10.0 Å². The van der Waals surface area contributed by atoms with E-state index in [0.29, 0.717) is 13.1 Å². The number of hydrogen-bond acceptors (Lipinski definition) is 6. The average molecular weight is 315 g/mol. The highest BCUT2D eigenvalue weighted by Crippen LogP contribution is 2.26. The van der Waals surface area contributed by atoms with Crippen molar-refractivity contribution in [2.75, 3.05) is 45.1 Å². The van der Waals surface area contributed by atoms with Crippen LogP contribution in [0.25, 0.3) is 0 Å². The van der Waals surface area contributed by atoms with Gasteiger partial charge in [0, 0.05) is 39.3 Å². The molecular weight excluding hydrogens is 294 g/mol. The fourth-order valence-corrected chi connectivity index (χ4v) is 4.73. The second-order valence-electron chi connectivity index (χ2n) is 5.50. The first-order chi connectivity index (χ1) is 10.00. The number of nitrogen functional groups attached to an aromatic ring is 1. The zero-order valence-electron chi connectivity index (χ0n) is 12.1. The molecule has 0 radical (unpaired) electrons. The van der Waals surface area contributed by atoms with Crippen molar-refractivity contribution in [3.8, 4) is 0 Å². The maximum atomic E-state index is 12.7. The Kier molecular flexibility index (Phi) is 3.91. The zero-order chi connectivity index (χ0) is 15.0. The molecule has 0 aromatic carbocycles. The van der Waals surface area contributed by atoms with E-state index in [-0.39, 0.29) is 16.9 Å². The highest BCUT2D eigenvalue weighted by molar-refractivity contribution is 7.89. The number of anilines is 1. The molecule has 2 aliphatic heterocycles. The van der Waals surface area contributed by atoms with Gasteiger partial charge in [0.2, 0.25) is 0 Å². The minimum absolute atomic E-state index is 0.0623. The molecular formula is C12H21N5O3S. The summed E-state index contributed by atoms with van der Waals surface area (Å²) in [6.07, 6.45) is 2.27. The van der Waals surface area contributed by atoms with Crippen LogP contribution >= 0.6 is 0 Å². The number of nitrogens with zero attached hydrogens (tertiary/aromatic N) is 4. The van der Waals surface area contributed by atoms with Crippen LogP contribution < -0.4 is 5.73 Å². The summed E-state index contributed by atoms with van der Waals surface area (Å²) in [5.74, 6) is 0.0623. The minimum Gasteiger partial charge on any atom is -0.381 e. The first kappa shape index (κ1) is 14.8. The first-order valence-corrected chi connectivity index (χ1v) is 8.53. The minimum atomic E-state index is -3.58. The Balaban J connectivity index is 1.76. The highest BCUT2D eigenvalue weighted by atomic mass is 32.2. The van der Waals surface area contributed by atoms with Crippen LogP contribution in [0.15, 0.2) is 11.4 Å². The third kappa shape index (κ3) is 2.66. The molecule has 0 bridgehead atoms. The van der Waals surface area contributed by atoms with Crippen molar-refractivity contribution in [3.05, 3.63) is 6.33 Å². The molecule has 118 valence electrons. The number of ether oxygens (including phenoxy) is 1. The molecule has 2 saturated heterocycles. The van der Waals surface area contributed by atoms with E-state index in [4.69, 9.17) is 10.5 Å². The van der Waals surface area contributed by atoms with Crippen LogP contribution in [0.1, 0.15) is 6.42 Å². The molecule has 0 spiro atoms. The summed E-state index contributed by atoms with van der Waals surface area (Å²) in [5.41, 5.74) is 5.71. The molecule has 3 rings (SSSR count). The fraction of sp³-hybridized carbons (Fsp3) is 0.750. The van der Waals surface area contributed by atoms with Crippen LogP contribution in [0.3, 0.4) is 0 Å². The smallest absolute Gasteiger partial charge is 0.262 e. The summed E-state index contributed by atoms with van der Waals surface area (Å²) >= 11 is 0. The lowest BCUT2D eigenvalue weighted by Gasteiger charge is -2.32. The van der Waals surface area contributed by atoms with E-state index in [1.54, 1.807) is 7.05 Å². The molecule has 1 unspecified atom stereocenters. The standard InChI is InChI=1S/C12H21N5O3S/c1-15-9-14-11(13)12(15)21(18,19)17-3-2-10(8-17)16-4-6-20-7-5-16/h9-10H,2-8,13H2,1H3. The number of imidazole rings is 1. The Morgan fingerprint density at radius 3 is 2.67 bits per heavy atom. The van der Waals surface area contributed by atoms with Gasteiger partial charge >= 0.3 is 0 Å². The summed E-state index contributed by atoms with van der Waals surface area (Å²) < 4.78 is 33.7. The van der Waals surface area contributed by atoms with Gasteiger partial charge in [-0.15, -0.1) is 0 Å². The van der Waals surface area contributed by atoms with E-state index >= 15 is 0 Å². The second kappa shape index (κ2) is 5.56. The highest BCUT2D eigenvalue weighted by Gasteiger charge is 2.37. The monoisotopic (exact) mass is 315 g/mol. The number of hydrogen-bond donors (Lipinski definition) is 1. The number of morpholine rings is 1. The molecule has 9 heteroatoms. The molecule has 1 aromatic rings. The molecule has 3 heterocycles. The molecule has 0 aliphatic carbocycles. The lowest BCUT2D eigenvalue weighted by molar-refractivity contribution is 0.0197. The van der Waals surface area contributed by atoms with Crippen molar-refractivity contribution in [2.24, 2.45) is 7.05 Å². The van der Waals surface area contributed by atoms with Crippen LogP contribution in [0, 0.1) is 0 Å². The van der Waals surface area contributed by atoms with Crippen LogP contribution in [-0.4, -0.2) is 72.6 Å². The number of sulfonamides is 1. The molecule has 2 N–H and O–H groups in total. The van der Waals surface area contributed by atoms with E-state index in [0.717, 1.165) is 32.7 Å². The summed E-state index contributed by atoms with van der Waals surface area (Å²) in [7, 11) is -1.93. The molecule has 2 fully saturated rings. The van der Waals surface area contributed by atoms with E-state index in [1.165, 1.54) is 15.2 Å². The lowest BCUT2D eigenvalue weighted by atomic mass is 10.2. The molecule has 1 aromatic heterocycles.